The fraction of sp³-hybridized carbons (Fsp3) is 1.00. The molecule has 0 aromatic carbocycles. The summed E-state index contributed by atoms with van der Waals surface area (Å²) in [4.78, 5) is 0. The SMILES string of the molecule is CC(C)CNC(C)C.CC(C)NC(C)(C)C.CC(C)NC(C)(C)C(C)(C)C.CC(C)NC(C)(C)C(C)(C)C.CC(C)NC(C)(C)C(C)C.CC(C)NC(C)C.CC(C)NC(C)C(C)(C)C.CC(C)NC(C)C(C)C.CC(C)NCC(C)(C)C.CCC(C)(C)NC(C)C.CCC(C)NC(C)C.CCCNC(C)C. The van der Waals surface area contributed by atoms with Crippen molar-refractivity contribution in [2.75, 3.05) is 19.6 Å². The van der Waals surface area contributed by atoms with Crippen LogP contribution < -0.4 is 63.8 Å². The minimum Gasteiger partial charge on any atom is -0.315 e. The lowest BCUT2D eigenvalue weighted by Crippen LogP contribution is -2.52. The largest absolute Gasteiger partial charge is 0.315 e. The highest BCUT2D eigenvalue weighted by Gasteiger charge is 2.33. The Kier molecular flexibility index (Phi) is 86.6. The maximum Gasteiger partial charge on any atom is 0.0175 e. The van der Waals surface area contributed by atoms with E-state index in [-0.39, 0.29) is 22.2 Å². The molecule has 0 aromatic heterocycles. The summed E-state index contributed by atoms with van der Waals surface area (Å²) in [6.07, 6.45) is 3.64. The predicted octanol–water partition coefficient (Wildman–Crippen LogP) is 24.7. The van der Waals surface area contributed by atoms with E-state index in [9.17, 15) is 0 Å². The Hall–Kier alpha value is -0.480. The zero-order valence-corrected chi connectivity index (χ0v) is 86.7. The van der Waals surface area contributed by atoms with Gasteiger partial charge in [-0.05, 0) is 169 Å². The Labute approximate surface area is 685 Å². The van der Waals surface area contributed by atoms with Crippen molar-refractivity contribution in [2.45, 2.75) is 566 Å². The second-order valence-electron chi connectivity index (χ2n) is 43.6. The summed E-state index contributed by atoms with van der Waals surface area (Å²) >= 11 is 0. The molecule has 0 saturated heterocycles. The maximum absolute atomic E-state index is 3.56. The maximum atomic E-state index is 3.56. The van der Waals surface area contributed by atoms with E-state index < -0.39 is 0 Å². The van der Waals surface area contributed by atoms with E-state index in [4.69, 9.17) is 0 Å². The van der Waals surface area contributed by atoms with Gasteiger partial charge in [0.1, 0.15) is 0 Å². The first-order valence-corrected chi connectivity index (χ1v) is 44.2. The highest BCUT2D eigenvalue weighted by atomic mass is 15.0. The van der Waals surface area contributed by atoms with Gasteiger partial charge in [0.05, 0.1) is 0 Å². The fourth-order valence-corrected chi connectivity index (χ4v) is 8.77. The van der Waals surface area contributed by atoms with E-state index >= 15 is 0 Å². The van der Waals surface area contributed by atoms with Gasteiger partial charge in [-0.25, -0.2) is 0 Å². The molecule has 0 aliphatic carbocycles. The van der Waals surface area contributed by atoms with Crippen LogP contribution >= 0.6 is 0 Å². The van der Waals surface area contributed by atoms with Crippen molar-refractivity contribution in [3.05, 3.63) is 0 Å². The Morgan fingerprint density at radius 1 is 0.290 bits per heavy atom. The third-order valence-electron chi connectivity index (χ3n) is 17.6. The molecule has 0 amide bonds. The lowest BCUT2D eigenvalue weighted by molar-refractivity contribution is 0.164. The number of hydrogen-bond donors (Lipinski definition) is 12. The van der Waals surface area contributed by atoms with Gasteiger partial charge < -0.3 is 63.8 Å². The molecule has 0 aliphatic heterocycles. The molecule has 0 aromatic rings. The monoisotopic (exact) mass is 1540 g/mol. The van der Waals surface area contributed by atoms with Crippen LogP contribution in [0.5, 0.6) is 0 Å². The summed E-state index contributed by atoms with van der Waals surface area (Å²) in [6, 6.07) is 9.79. The summed E-state index contributed by atoms with van der Waals surface area (Å²) in [5, 5.41) is 41.1. The minimum atomic E-state index is 0.209. The van der Waals surface area contributed by atoms with E-state index in [0.29, 0.717) is 130 Å². The van der Waals surface area contributed by atoms with E-state index in [1.807, 2.05) is 0 Å². The van der Waals surface area contributed by atoms with Crippen molar-refractivity contribution in [1.29, 1.82) is 0 Å². The summed E-state index contributed by atoms with van der Waals surface area (Å²) in [7, 11) is 0. The molecular weight excluding hydrogens is 1310 g/mol. The Bertz CT molecular complexity index is 1720. The molecule has 0 heterocycles. The average Bonchev–Trinajstić information content (AvgIpc) is 0.846. The Morgan fingerprint density at radius 2 is 0.598 bits per heavy atom. The molecule has 0 aliphatic rings. The van der Waals surface area contributed by atoms with E-state index in [0.717, 1.165) is 31.5 Å². The highest BCUT2D eigenvalue weighted by molar-refractivity contribution is 4.92. The standard InChI is InChI=1S/2C10H23N.2C9H21N.3C8H19N.3C7H17N.2C6H15N/c2*1-8(2)11-10(6,7)9(3,4)5;1-7(2)10-8(3)9(4,5)6;1-7(2)9(5,6)10-8(3)4;1-7(2)9-6-8(3,4)5;1-6-8(4,5)9-7(2)3;1-6(2)8(5)9-7(3)4;1-6(2)8-7(3,4)5;1-6(2)5-8-7(3)4;1-5-7(4)8-6(2)3;1-5(2)7-6(3)4;1-4-5-7-6(2)3/h2*8,11H,1-7H3;2*7-8,10H,1-6H3;2*7,9H,6H2,1-5H3;6-9H,1-5H3;6,8H,1-5H3;2*6-8H,5H2,1-4H3;5-7H,1-4H3;6-7H,4-5H2,1-3H3. The van der Waals surface area contributed by atoms with E-state index in [2.05, 4.69) is 486 Å². The number of rotatable bonds is 29. The van der Waals surface area contributed by atoms with Gasteiger partial charge in [-0.3, -0.25) is 0 Å². The summed E-state index contributed by atoms with van der Waals surface area (Å²) in [6.45, 7) is 138. The van der Waals surface area contributed by atoms with Gasteiger partial charge in [0.25, 0.3) is 0 Å². The molecule has 0 rings (SSSR count). The fourth-order valence-electron chi connectivity index (χ4n) is 8.77. The molecule has 0 fully saturated rings. The topological polar surface area (TPSA) is 144 Å². The second-order valence-corrected chi connectivity index (χ2v) is 43.6. The highest BCUT2D eigenvalue weighted by Crippen LogP contribution is 2.30. The van der Waals surface area contributed by atoms with Crippen molar-refractivity contribution in [1.82, 2.24) is 63.8 Å². The first kappa shape index (κ1) is 133. The van der Waals surface area contributed by atoms with Crippen molar-refractivity contribution in [3.63, 3.8) is 0 Å². The van der Waals surface area contributed by atoms with Gasteiger partial charge in [-0.1, -0.05) is 325 Å². The van der Waals surface area contributed by atoms with Gasteiger partial charge in [0.2, 0.25) is 0 Å². The van der Waals surface area contributed by atoms with Crippen LogP contribution in [0.25, 0.3) is 0 Å². The average molecular weight is 1540 g/mol. The van der Waals surface area contributed by atoms with Crippen LogP contribution in [0, 0.1) is 39.4 Å². The zero-order valence-electron chi connectivity index (χ0n) is 86.7. The summed E-state index contributed by atoms with van der Waals surface area (Å²) in [5.74, 6) is 2.21. The van der Waals surface area contributed by atoms with Crippen LogP contribution in [0.2, 0.25) is 0 Å². The minimum absolute atomic E-state index is 0.209. The normalized spacial score (nSPS) is 13.3. The smallest absolute Gasteiger partial charge is 0.0175 e. The summed E-state index contributed by atoms with van der Waals surface area (Å²) in [5.41, 5.74) is 2.71. The zero-order chi connectivity index (χ0) is 89.2. The Morgan fingerprint density at radius 3 is 0.682 bits per heavy atom. The number of nitrogens with one attached hydrogen (secondary N) is 12. The van der Waals surface area contributed by atoms with Crippen LogP contribution in [-0.4, -0.2) is 144 Å². The molecule has 0 bridgehead atoms. The van der Waals surface area contributed by atoms with Crippen molar-refractivity contribution < 1.29 is 0 Å². The first-order chi connectivity index (χ1) is 47.1. The van der Waals surface area contributed by atoms with Crippen LogP contribution in [0.4, 0.5) is 0 Å². The summed E-state index contributed by atoms with van der Waals surface area (Å²) < 4.78 is 0. The molecular formula is C95H226N12. The predicted molar refractivity (Wildman–Crippen MR) is 507 cm³/mol. The van der Waals surface area contributed by atoms with Gasteiger partial charge in [-0.15, -0.1) is 0 Å². The molecule has 0 saturated carbocycles. The van der Waals surface area contributed by atoms with Crippen molar-refractivity contribution in [2.24, 2.45) is 39.4 Å². The molecule has 0 spiro atoms. The van der Waals surface area contributed by atoms with Crippen LogP contribution in [0.1, 0.15) is 442 Å². The van der Waals surface area contributed by atoms with Crippen LogP contribution in [-0.2, 0) is 0 Å². The third kappa shape index (κ3) is 127. The second kappa shape index (κ2) is 69.8. The first-order valence-electron chi connectivity index (χ1n) is 44.2. The van der Waals surface area contributed by atoms with Gasteiger partial charge in [0, 0.05) is 131 Å². The molecule has 3 atom stereocenters. The van der Waals surface area contributed by atoms with Gasteiger partial charge in [-0.2, -0.15) is 0 Å². The van der Waals surface area contributed by atoms with Crippen molar-refractivity contribution >= 4 is 0 Å². The molecule has 107 heavy (non-hydrogen) atoms. The van der Waals surface area contributed by atoms with Crippen LogP contribution in [0.3, 0.4) is 0 Å². The molecule has 3 unspecified atom stereocenters. The molecule has 12 heteroatoms. The molecule has 666 valence electrons. The van der Waals surface area contributed by atoms with E-state index in [1.54, 1.807) is 0 Å². The molecule has 12 N–H and O–H groups in total. The third-order valence-corrected chi connectivity index (χ3v) is 17.6. The lowest BCUT2D eigenvalue weighted by Gasteiger charge is -2.41. The molecule has 12 nitrogen and oxygen atoms in total. The lowest BCUT2D eigenvalue weighted by atomic mass is 9.76. The molecule has 0 radical (unpaired) electrons. The Balaban J connectivity index is -0.0000000922. The van der Waals surface area contributed by atoms with Crippen LogP contribution in [0.15, 0.2) is 0 Å². The van der Waals surface area contributed by atoms with E-state index in [1.165, 1.54) is 19.3 Å². The van der Waals surface area contributed by atoms with Crippen molar-refractivity contribution in [3.8, 4) is 0 Å². The van der Waals surface area contributed by atoms with Gasteiger partial charge in [0.15, 0.2) is 0 Å². The quantitative estimate of drug-likeness (QED) is 0.0347. The number of hydrogen-bond acceptors (Lipinski definition) is 12. The van der Waals surface area contributed by atoms with Gasteiger partial charge >= 0.3 is 0 Å².